The standard InChI is InChI=1S/C17H26N2O2/c1-12(2)19-7-5-13(6-8-19)15(10-18)14-3-4-16-17(9-14)21-11-20-16/h3-4,9,12-13,15H,5-8,10-11,18H2,1-2H3. The van der Waals surface area contributed by atoms with E-state index in [1.54, 1.807) is 0 Å². The lowest BCUT2D eigenvalue weighted by molar-refractivity contribution is 0.138. The van der Waals surface area contributed by atoms with Crippen molar-refractivity contribution in [2.75, 3.05) is 26.4 Å². The van der Waals surface area contributed by atoms with Crippen molar-refractivity contribution in [1.29, 1.82) is 0 Å². The van der Waals surface area contributed by atoms with Crippen molar-refractivity contribution in [2.24, 2.45) is 11.7 Å². The van der Waals surface area contributed by atoms with Gasteiger partial charge < -0.3 is 20.1 Å². The smallest absolute Gasteiger partial charge is 0.231 e. The van der Waals surface area contributed by atoms with Gasteiger partial charge in [-0.15, -0.1) is 0 Å². The molecule has 21 heavy (non-hydrogen) atoms. The predicted octanol–water partition coefficient (Wildman–Crippen LogP) is 2.58. The highest BCUT2D eigenvalue weighted by molar-refractivity contribution is 5.45. The van der Waals surface area contributed by atoms with Gasteiger partial charge in [-0.2, -0.15) is 0 Å². The molecular formula is C17H26N2O2. The van der Waals surface area contributed by atoms with E-state index in [1.807, 2.05) is 6.07 Å². The van der Waals surface area contributed by atoms with Crippen LogP contribution in [0.1, 0.15) is 38.2 Å². The summed E-state index contributed by atoms with van der Waals surface area (Å²) in [6.45, 7) is 7.95. The maximum absolute atomic E-state index is 6.09. The SMILES string of the molecule is CC(C)N1CCC(C(CN)c2ccc3c(c2)OCO3)CC1. The fraction of sp³-hybridized carbons (Fsp3) is 0.647. The number of fused-ring (bicyclic) bond motifs is 1. The van der Waals surface area contributed by atoms with Crippen LogP contribution in [0.3, 0.4) is 0 Å². The third kappa shape index (κ3) is 3.01. The second-order valence-corrected chi connectivity index (χ2v) is 6.42. The molecule has 1 saturated heterocycles. The summed E-state index contributed by atoms with van der Waals surface area (Å²) in [6.07, 6.45) is 2.46. The summed E-state index contributed by atoms with van der Waals surface area (Å²) in [5.74, 6) is 2.81. The highest BCUT2D eigenvalue weighted by atomic mass is 16.7. The molecule has 0 aliphatic carbocycles. The van der Waals surface area contributed by atoms with Gasteiger partial charge in [-0.3, -0.25) is 0 Å². The van der Waals surface area contributed by atoms with Gasteiger partial charge in [0.2, 0.25) is 6.79 Å². The molecule has 0 radical (unpaired) electrons. The van der Waals surface area contributed by atoms with Gasteiger partial charge in [0.1, 0.15) is 0 Å². The molecule has 2 aliphatic heterocycles. The van der Waals surface area contributed by atoms with Crippen LogP contribution in [0.25, 0.3) is 0 Å². The van der Waals surface area contributed by atoms with E-state index in [1.165, 1.54) is 31.5 Å². The van der Waals surface area contributed by atoms with Crippen LogP contribution in [0.15, 0.2) is 18.2 Å². The average Bonchev–Trinajstić information content (AvgIpc) is 2.96. The number of likely N-dealkylation sites (tertiary alicyclic amines) is 1. The lowest BCUT2D eigenvalue weighted by Gasteiger charge is -2.38. The average molecular weight is 290 g/mol. The van der Waals surface area contributed by atoms with E-state index in [2.05, 4.69) is 30.9 Å². The molecule has 4 nitrogen and oxygen atoms in total. The molecule has 4 heteroatoms. The number of hydrogen-bond donors (Lipinski definition) is 1. The van der Waals surface area contributed by atoms with E-state index in [4.69, 9.17) is 15.2 Å². The van der Waals surface area contributed by atoms with Gasteiger partial charge >= 0.3 is 0 Å². The largest absolute Gasteiger partial charge is 0.454 e. The summed E-state index contributed by atoms with van der Waals surface area (Å²) >= 11 is 0. The molecule has 0 amide bonds. The Bertz CT molecular complexity index is 482. The number of ether oxygens (including phenoxy) is 2. The van der Waals surface area contributed by atoms with Crippen LogP contribution in [0, 0.1) is 5.92 Å². The van der Waals surface area contributed by atoms with E-state index in [9.17, 15) is 0 Å². The second kappa shape index (κ2) is 6.24. The number of nitrogens with zero attached hydrogens (tertiary/aromatic N) is 1. The van der Waals surface area contributed by atoms with Crippen LogP contribution in [-0.2, 0) is 0 Å². The first kappa shape index (κ1) is 14.7. The van der Waals surface area contributed by atoms with Gasteiger partial charge in [0.05, 0.1) is 0 Å². The molecule has 1 aromatic carbocycles. The fourth-order valence-electron chi connectivity index (χ4n) is 3.58. The van der Waals surface area contributed by atoms with Crippen molar-refractivity contribution in [2.45, 2.75) is 38.6 Å². The lowest BCUT2D eigenvalue weighted by Crippen LogP contribution is -2.40. The summed E-state index contributed by atoms with van der Waals surface area (Å²) < 4.78 is 10.9. The monoisotopic (exact) mass is 290 g/mol. The maximum Gasteiger partial charge on any atom is 0.231 e. The first-order valence-corrected chi connectivity index (χ1v) is 8.02. The van der Waals surface area contributed by atoms with Crippen LogP contribution in [0.5, 0.6) is 11.5 Å². The molecule has 0 saturated carbocycles. The predicted molar refractivity (Wildman–Crippen MR) is 83.8 cm³/mol. The third-order valence-corrected chi connectivity index (χ3v) is 4.95. The quantitative estimate of drug-likeness (QED) is 0.926. The van der Waals surface area contributed by atoms with E-state index in [0.29, 0.717) is 31.2 Å². The number of benzene rings is 1. The van der Waals surface area contributed by atoms with Crippen LogP contribution in [0.2, 0.25) is 0 Å². The molecule has 0 spiro atoms. The van der Waals surface area contributed by atoms with E-state index in [0.717, 1.165) is 11.5 Å². The molecule has 0 aromatic heterocycles. The number of nitrogens with two attached hydrogens (primary N) is 1. The second-order valence-electron chi connectivity index (χ2n) is 6.42. The van der Waals surface area contributed by atoms with Gasteiger partial charge in [0.15, 0.2) is 11.5 Å². The molecule has 116 valence electrons. The molecule has 2 aliphatic rings. The van der Waals surface area contributed by atoms with Crippen LogP contribution < -0.4 is 15.2 Å². The van der Waals surface area contributed by atoms with Crippen molar-refractivity contribution in [3.63, 3.8) is 0 Å². The maximum atomic E-state index is 6.09. The van der Waals surface area contributed by atoms with Crippen LogP contribution in [-0.4, -0.2) is 37.4 Å². The van der Waals surface area contributed by atoms with Crippen molar-refractivity contribution in [3.05, 3.63) is 23.8 Å². The lowest BCUT2D eigenvalue weighted by atomic mass is 9.80. The Balaban J connectivity index is 1.71. The van der Waals surface area contributed by atoms with Gasteiger partial charge in [0.25, 0.3) is 0 Å². The van der Waals surface area contributed by atoms with Crippen LogP contribution in [0.4, 0.5) is 0 Å². The van der Waals surface area contributed by atoms with Crippen molar-refractivity contribution in [3.8, 4) is 11.5 Å². The summed E-state index contributed by atoms with van der Waals surface area (Å²) in [4.78, 5) is 2.56. The topological polar surface area (TPSA) is 47.7 Å². The number of rotatable bonds is 4. The zero-order valence-corrected chi connectivity index (χ0v) is 13.0. The molecular weight excluding hydrogens is 264 g/mol. The van der Waals surface area contributed by atoms with E-state index < -0.39 is 0 Å². The Morgan fingerprint density at radius 2 is 1.90 bits per heavy atom. The molecule has 3 rings (SSSR count). The molecule has 1 atom stereocenters. The third-order valence-electron chi connectivity index (χ3n) is 4.95. The van der Waals surface area contributed by atoms with Gasteiger partial charge in [-0.25, -0.2) is 0 Å². The molecule has 2 N–H and O–H groups in total. The Morgan fingerprint density at radius 3 is 2.57 bits per heavy atom. The first-order valence-electron chi connectivity index (χ1n) is 8.02. The highest BCUT2D eigenvalue weighted by Crippen LogP contribution is 2.38. The number of piperidine rings is 1. The summed E-state index contributed by atoms with van der Waals surface area (Å²) in [5.41, 5.74) is 7.39. The minimum Gasteiger partial charge on any atom is -0.454 e. The first-order chi connectivity index (χ1) is 10.2. The minimum atomic E-state index is 0.332. The van der Waals surface area contributed by atoms with Gasteiger partial charge in [-0.1, -0.05) is 6.07 Å². The Hall–Kier alpha value is -1.26. The normalized spacial score (nSPS) is 21.0. The summed E-state index contributed by atoms with van der Waals surface area (Å²) in [7, 11) is 0. The highest BCUT2D eigenvalue weighted by Gasteiger charge is 2.28. The molecule has 2 heterocycles. The fourth-order valence-corrected chi connectivity index (χ4v) is 3.58. The van der Waals surface area contributed by atoms with Crippen molar-refractivity contribution in [1.82, 2.24) is 4.90 Å². The van der Waals surface area contributed by atoms with E-state index in [-0.39, 0.29) is 0 Å². The Morgan fingerprint density at radius 1 is 1.19 bits per heavy atom. The van der Waals surface area contributed by atoms with E-state index >= 15 is 0 Å². The van der Waals surface area contributed by atoms with Crippen LogP contribution >= 0.6 is 0 Å². The zero-order chi connectivity index (χ0) is 14.8. The minimum absolute atomic E-state index is 0.332. The molecule has 1 fully saturated rings. The molecule has 0 bridgehead atoms. The summed E-state index contributed by atoms with van der Waals surface area (Å²) in [5, 5.41) is 0. The Labute approximate surface area is 127 Å². The zero-order valence-electron chi connectivity index (χ0n) is 13.0. The number of hydrogen-bond acceptors (Lipinski definition) is 4. The van der Waals surface area contributed by atoms with Gasteiger partial charge in [-0.05, 0) is 75.9 Å². The molecule has 1 unspecified atom stereocenters. The summed E-state index contributed by atoms with van der Waals surface area (Å²) in [6, 6.07) is 6.94. The van der Waals surface area contributed by atoms with Gasteiger partial charge in [0, 0.05) is 6.04 Å². The van der Waals surface area contributed by atoms with Crippen molar-refractivity contribution < 1.29 is 9.47 Å². The van der Waals surface area contributed by atoms with Crippen molar-refractivity contribution >= 4 is 0 Å². The molecule has 1 aromatic rings. The Kier molecular flexibility index (Phi) is 4.36.